The van der Waals surface area contributed by atoms with Crippen LogP contribution in [0.5, 0.6) is 0 Å². The van der Waals surface area contributed by atoms with Crippen molar-refractivity contribution in [2.24, 2.45) is 5.41 Å². The van der Waals surface area contributed by atoms with Gasteiger partial charge in [0.15, 0.2) is 0 Å². The van der Waals surface area contributed by atoms with E-state index in [9.17, 15) is 24.3 Å². The number of carboxylic acid groups (broad SMARTS) is 1. The van der Waals surface area contributed by atoms with Crippen LogP contribution < -0.4 is 5.56 Å². The Kier molecular flexibility index (Phi) is 5.08. The lowest BCUT2D eigenvalue weighted by Gasteiger charge is -2.39. The molecular weight excluding hydrogens is 350 g/mol. The first-order valence-corrected chi connectivity index (χ1v) is 9.26. The van der Waals surface area contributed by atoms with Crippen LogP contribution >= 0.6 is 0 Å². The minimum atomic E-state index is -0.975. The van der Waals surface area contributed by atoms with E-state index in [0.717, 1.165) is 0 Å². The van der Waals surface area contributed by atoms with Gasteiger partial charge in [-0.3, -0.25) is 14.4 Å². The Balaban J connectivity index is 1.69. The number of nitrogens with zero attached hydrogens (tertiary/aromatic N) is 3. The molecule has 0 saturated carbocycles. The lowest BCUT2D eigenvalue weighted by atomic mass is 9.76. The van der Waals surface area contributed by atoms with E-state index in [0.29, 0.717) is 51.0 Å². The van der Waals surface area contributed by atoms with Gasteiger partial charge in [0.2, 0.25) is 5.91 Å². The molecule has 1 unspecified atom stereocenters. The second-order valence-corrected chi connectivity index (χ2v) is 7.54. The number of aryl methyl sites for hydroxylation is 1. The summed E-state index contributed by atoms with van der Waals surface area (Å²) in [5, 5.41) is 9.41. The van der Waals surface area contributed by atoms with Gasteiger partial charge in [0.1, 0.15) is 6.04 Å². The molecule has 1 N–H and O–H groups in total. The highest BCUT2D eigenvalue weighted by molar-refractivity contribution is 5.94. The first kappa shape index (κ1) is 19.1. The van der Waals surface area contributed by atoms with E-state index in [1.54, 1.807) is 17.2 Å². The Labute approximate surface area is 157 Å². The summed E-state index contributed by atoms with van der Waals surface area (Å²) in [7, 11) is 0. The maximum atomic E-state index is 12.7. The van der Waals surface area contributed by atoms with Crippen LogP contribution in [0, 0.1) is 5.41 Å². The molecule has 1 spiro atoms. The fourth-order valence-electron chi connectivity index (χ4n) is 4.24. The lowest BCUT2D eigenvalue weighted by Crippen LogP contribution is -2.44. The number of likely N-dealkylation sites (tertiary alicyclic amines) is 2. The molecule has 0 bridgehead atoms. The molecule has 146 valence electrons. The SMILES string of the molecule is CCn1ccc(C(=O)N2CCC3(CC2)CC(C(=O)O)N(C(C)=O)C3)cc1=O. The van der Waals surface area contributed by atoms with Gasteiger partial charge in [-0.15, -0.1) is 0 Å². The van der Waals surface area contributed by atoms with Gasteiger partial charge in [0.25, 0.3) is 11.5 Å². The molecular formula is C19H25N3O5. The molecule has 2 aliphatic heterocycles. The van der Waals surface area contributed by atoms with Gasteiger partial charge in [0, 0.05) is 50.9 Å². The molecule has 1 atom stereocenters. The van der Waals surface area contributed by atoms with Gasteiger partial charge < -0.3 is 19.5 Å². The van der Waals surface area contributed by atoms with E-state index in [-0.39, 0.29) is 22.8 Å². The highest BCUT2D eigenvalue weighted by atomic mass is 16.4. The number of aromatic nitrogens is 1. The van der Waals surface area contributed by atoms with Crippen LogP contribution in [0.1, 0.15) is 43.5 Å². The molecule has 8 nitrogen and oxygen atoms in total. The molecule has 1 aromatic heterocycles. The predicted molar refractivity (Wildman–Crippen MR) is 97.4 cm³/mol. The second-order valence-electron chi connectivity index (χ2n) is 7.54. The summed E-state index contributed by atoms with van der Waals surface area (Å²) in [5.74, 6) is -1.38. The number of aliphatic carboxylic acids is 1. The highest BCUT2D eigenvalue weighted by Crippen LogP contribution is 2.43. The van der Waals surface area contributed by atoms with Crippen molar-refractivity contribution in [1.82, 2.24) is 14.4 Å². The Bertz CT molecular complexity index is 799. The highest BCUT2D eigenvalue weighted by Gasteiger charge is 2.49. The molecule has 2 aliphatic rings. The van der Waals surface area contributed by atoms with Crippen LogP contribution in [0.3, 0.4) is 0 Å². The molecule has 2 amide bonds. The van der Waals surface area contributed by atoms with E-state index in [4.69, 9.17) is 0 Å². The third-order valence-electron chi connectivity index (χ3n) is 5.89. The molecule has 2 saturated heterocycles. The van der Waals surface area contributed by atoms with E-state index >= 15 is 0 Å². The fraction of sp³-hybridized carbons (Fsp3) is 0.579. The van der Waals surface area contributed by atoms with Crippen molar-refractivity contribution >= 4 is 17.8 Å². The lowest BCUT2D eigenvalue weighted by molar-refractivity contribution is -0.147. The van der Waals surface area contributed by atoms with Gasteiger partial charge in [0.05, 0.1) is 0 Å². The topological polar surface area (TPSA) is 99.9 Å². The van der Waals surface area contributed by atoms with Crippen LogP contribution in [0.4, 0.5) is 0 Å². The van der Waals surface area contributed by atoms with Gasteiger partial charge >= 0.3 is 5.97 Å². The van der Waals surface area contributed by atoms with Crippen LogP contribution in [0.2, 0.25) is 0 Å². The van der Waals surface area contributed by atoms with E-state index in [1.165, 1.54) is 22.5 Å². The Morgan fingerprint density at radius 2 is 1.93 bits per heavy atom. The monoisotopic (exact) mass is 375 g/mol. The average molecular weight is 375 g/mol. The maximum Gasteiger partial charge on any atom is 0.326 e. The number of rotatable bonds is 3. The zero-order chi connectivity index (χ0) is 19.8. The van der Waals surface area contributed by atoms with Crippen molar-refractivity contribution in [3.8, 4) is 0 Å². The van der Waals surface area contributed by atoms with Crippen LogP contribution in [-0.4, -0.2) is 62.9 Å². The number of hydrogen-bond donors (Lipinski definition) is 1. The number of carbonyl (C=O) groups excluding carboxylic acids is 2. The summed E-state index contributed by atoms with van der Waals surface area (Å²) in [6.45, 7) is 5.22. The number of amides is 2. The van der Waals surface area contributed by atoms with Gasteiger partial charge in [-0.2, -0.15) is 0 Å². The Hall–Kier alpha value is -2.64. The van der Waals surface area contributed by atoms with Crippen molar-refractivity contribution in [1.29, 1.82) is 0 Å². The third kappa shape index (κ3) is 3.61. The molecule has 8 heteroatoms. The standard InChI is InChI=1S/C19H25N3O5/c1-3-20-7-4-14(10-16(20)24)17(25)21-8-5-19(6-9-21)11-15(18(26)27)22(12-19)13(2)23/h4,7,10,15H,3,5-6,8-9,11-12H2,1-2H3,(H,26,27). The largest absolute Gasteiger partial charge is 0.480 e. The summed E-state index contributed by atoms with van der Waals surface area (Å²) in [6, 6.07) is 2.24. The summed E-state index contributed by atoms with van der Waals surface area (Å²) in [5.41, 5.74) is -0.0771. The van der Waals surface area contributed by atoms with Crippen molar-refractivity contribution in [3.63, 3.8) is 0 Å². The molecule has 1 aromatic rings. The van der Waals surface area contributed by atoms with Crippen molar-refractivity contribution < 1.29 is 19.5 Å². The summed E-state index contributed by atoms with van der Waals surface area (Å²) in [4.78, 5) is 51.1. The zero-order valence-corrected chi connectivity index (χ0v) is 15.7. The molecule has 3 heterocycles. The normalized spacial score (nSPS) is 21.5. The number of pyridine rings is 1. The van der Waals surface area contributed by atoms with Gasteiger partial charge in [-0.05, 0) is 37.7 Å². The molecule has 0 aromatic carbocycles. The smallest absolute Gasteiger partial charge is 0.326 e. The van der Waals surface area contributed by atoms with Crippen molar-refractivity contribution in [2.75, 3.05) is 19.6 Å². The molecule has 0 radical (unpaired) electrons. The minimum Gasteiger partial charge on any atom is -0.480 e. The van der Waals surface area contributed by atoms with Gasteiger partial charge in [-0.1, -0.05) is 0 Å². The molecule has 27 heavy (non-hydrogen) atoms. The summed E-state index contributed by atoms with van der Waals surface area (Å²) in [6.07, 6.45) is 3.35. The van der Waals surface area contributed by atoms with E-state index in [1.807, 2.05) is 6.92 Å². The molecule has 3 rings (SSSR count). The number of carboxylic acids is 1. The Morgan fingerprint density at radius 1 is 1.26 bits per heavy atom. The number of piperidine rings is 1. The van der Waals surface area contributed by atoms with Crippen LogP contribution in [0.15, 0.2) is 23.1 Å². The molecule has 0 aliphatic carbocycles. The quantitative estimate of drug-likeness (QED) is 0.842. The Morgan fingerprint density at radius 3 is 2.41 bits per heavy atom. The first-order chi connectivity index (χ1) is 12.8. The number of carbonyl (C=O) groups is 3. The van der Waals surface area contributed by atoms with Crippen molar-refractivity contribution in [3.05, 3.63) is 34.2 Å². The maximum absolute atomic E-state index is 12.7. The van der Waals surface area contributed by atoms with E-state index < -0.39 is 12.0 Å². The first-order valence-electron chi connectivity index (χ1n) is 9.26. The fourth-order valence-corrected chi connectivity index (χ4v) is 4.24. The predicted octanol–water partition coefficient (Wildman–Crippen LogP) is 0.796. The second kappa shape index (κ2) is 7.17. The zero-order valence-electron chi connectivity index (χ0n) is 15.7. The van der Waals surface area contributed by atoms with Crippen LogP contribution in [-0.2, 0) is 16.1 Å². The number of hydrogen-bond acceptors (Lipinski definition) is 4. The van der Waals surface area contributed by atoms with Gasteiger partial charge in [-0.25, -0.2) is 4.79 Å². The van der Waals surface area contributed by atoms with Crippen LogP contribution in [0.25, 0.3) is 0 Å². The van der Waals surface area contributed by atoms with E-state index in [2.05, 4.69) is 0 Å². The van der Waals surface area contributed by atoms with Crippen molar-refractivity contribution in [2.45, 2.75) is 45.7 Å². The molecule has 2 fully saturated rings. The summed E-state index contributed by atoms with van der Waals surface area (Å²) >= 11 is 0. The minimum absolute atomic E-state index is 0.179. The summed E-state index contributed by atoms with van der Waals surface area (Å²) < 4.78 is 1.53. The average Bonchev–Trinajstić information content (AvgIpc) is 3.02. The third-order valence-corrected chi connectivity index (χ3v) is 5.89.